The third-order valence-corrected chi connectivity index (χ3v) is 2.30. The number of rotatable bonds is 6. The highest BCUT2D eigenvalue weighted by molar-refractivity contribution is 6.32. The van der Waals surface area contributed by atoms with E-state index >= 15 is 0 Å². The summed E-state index contributed by atoms with van der Waals surface area (Å²) in [5.41, 5.74) is 5.47. The van der Waals surface area contributed by atoms with Crippen molar-refractivity contribution < 1.29 is 13.9 Å². The van der Waals surface area contributed by atoms with Gasteiger partial charge in [0.1, 0.15) is 12.7 Å². The van der Waals surface area contributed by atoms with Crippen LogP contribution in [0.1, 0.15) is 6.92 Å². The molecule has 1 rings (SSSR count). The molecule has 1 aromatic rings. The third kappa shape index (κ3) is 3.63. The maximum Gasteiger partial charge on any atom is 0.173 e. The van der Waals surface area contributed by atoms with E-state index in [0.29, 0.717) is 13.2 Å². The maximum atomic E-state index is 13.3. The van der Waals surface area contributed by atoms with E-state index in [1.807, 2.05) is 6.92 Å². The van der Waals surface area contributed by atoms with Crippen LogP contribution in [0.3, 0.4) is 0 Å². The van der Waals surface area contributed by atoms with Crippen LogP contribution in [-0.2, 0) is 4.74 Å². The molecule has 2 N–H and O–H groups in total. The van der Waals surface area contributed by atoms with Crippen LogP contribution in [-0.4, -0.2) is 25.9 Å². The van der Waals surface area contributed by atoms with Crippen molar-refractivity contribution in [2.24, 2.45) is 5.73 Å². The molecule has 0 aliphatic heterocycles. The van der Waals surface area contributed by atoms with Gasteiger partial charge in [-0.15, -0.1) is 0 Å². The lowest BCUT2D eigenvalue weighted by molar-refractivity contribution is 0.0327. The molecule has 90 valence electrons. The van der Waals surface area contributed by atoms with Gasteiger partial charge >= 0.3 is 0 Å². The second-order valence-corrected chi connectivity index (χ2v) is 3.58. The summed E-state index contributed by atoms with van der Waals surface area (Å²) >= 11 is 5.80. The summed E-state index contributed by atoms with van der Waals surface area (Å²) in [5.74, 6) is -0.443. The van der Waals surface area contributed by atoms with Crippen molar-refractivity contribution in [3.63, 3.8) is 0 Å². The van der Waals surface area contributed by atoms with Crippen LogP contribution >= 0.6 is 11.6 Å². The maximum absolute atomic E-state index is 13.3. The van der Waals surface area contributed by atoms with Gasteiger partial charge in [-0.1, -0.05) is 17.7 Å². The number of nitrogens with two attached hydrogens (primary N) is 1. The van der Waals surface area contributed by atoms with Crippen molar-refractivity contribution in [2.45, 2.75) is 13.0 Å². The van der Waals surface area contributed by atoms with Gasteiger partial charge in [0.25, 0.3) is 0 Å². The first-order valence-electron chi connectivity index (χ1n) is 5.07. The van der Waals surface area contributed by atoms with Crippen LogP contribution in [0.5, 0.6) is 5.75 Å². The molecule has 0 aliphatic carbocycles. The lowest BCUT2D eigenvalue weighted by Crippen LogP contribution is -2.30. The molecule has 0 saturated heterocycles. The first-order chi connectivity index (χ1) is 7.69. The van der Waals surface area contributed by atoms with Crippen molar-refractivity contribution in [2.75, 3.05) is 19.8 Å². The van der Waals surface area contributed by atoms with Gasteiger partial charge in [-0.3, -0.25) is 0 Å². The van der Waals surface area contributed by atoms with Crippen LogP contribution in [0, 0.1) is 5.82 Å². The quantitative estimate of drug-likeness (QED) is 0.838. The van der Waals surface area contributed by atoms with Crippen LogP contribution < -0.4 is 10.5 Å². The molecule has 3 nitrogen and oxygen atoms in total. The Morgan fingerprint density at radius 2 is 2.25 bits per heavy atom. The van der Waals surface area contributed by atoms with Crippen molar-refractivity contribution in [1.29, 1.82) is 0 Å². The average molecular weight is 248 g/mol. The van der Waals surface area contributed by atoms with E-state index in [-0.39, 0.29) is 23.5 Å². The first kappa shape index (κ1) is 13.2. The fraction of sp³-hybridized carbons (Fsp3) is 0.455. The Morgan fingerprint density at radius 1 is 1.50 bits per heavy atom. The van der Waals surface area contributed by atoms with Crippen LogP contribution in [0.4, 0.5) is 4.39 Å². The molecule has 0 spiro atoms. The Balaban J connectivity index is 2.59. The molecule has 0 bridgehead atoms. The average Bonchev–Trinajstić information content (AvgIpc) is 2.27. The molecule has 0 aliphatic rings. The Kier molecular flexibility index (Phi) is 5.52. The van der Waals surface area contributed by atoms with Crippen molar-refractivity contribution >= 4 is 11.6 Å². The monoisotopic (exact) mass is 247 g/mol. The van der Waals surface area contributed by atoms with Gasteiger partial charge in [-0.05, 0) is 19.1 Å². The predicted molar refractivity (Wildman–Crippen MR) is 61.4 cm³/mol. The van der Waals surface area contributed by atoms with Gasteiger partial charge in [0, 0.05) is 13.2 Å². The van der Waals surface area contributed by atoms with Gasteiger partial charge in [-0.25, -0.2) is 4.39 Å². The summed E-state index contributed by atoms with van der Waals surface area (Å²) in [7, 11) is 0. The topological polar surface area (TPSA) is 44.5 Å². The predicted octanol–water partition coefficient (Wildman–Crippen LogP) is 2.22. The minimum Gasteiger partial charge on any atom is -0.486 e. The van der Waals surface area contributed by atoms with Crippen molar-refractivity contribution in [3.8, 4) is 5.75 Å². The zero-order valence-corrected chi connectivity index (χ0v) is 9.84. The third-order valence-electron chi connectivity index (χ3n) is 2.00. The van der Waals surface area contributed by atoms with Crippen molar-refractivity contribution in [1.82, 2.24) is 0 Å². The molecule has 16 heavy (non-hydrogen) atoms. The molecule has 0 radical (unpaired) electrons. The SMILES string of the molecule is CCOC(CN)COc1c(F)cccc1Cl. The summed E-state index contributed by atoms with van der Waals surface area (Å²) in [6.45, 7) is 2.90. The van der Waals surface area contributed by atoms with Gasteiger partial charge in [0.05, 0.1) is 5.02 Å². The molecular weight excluding hydrogens is 233 g/mol. The second-order valence-electron chi connectivity index (χ2n) is 3.17. The zero-order valence-electron chi connectivity index (χ0n) is 9.08. The molecule has 0 heterocycles. The number of para-hydroxylation sites is 1. The highest BCUT2D eigenvalue weighted by atomic mass is 35.5. The largest absolute Gasteiger partial charge is 0.486 e. The number of hydrogen-bond acceptors (Lipinski definition) is 3. The first-order valence-corrected chi connectivity index (χ1v) is 5.45. The Bertz CT molecular complexity index is 316. The molecular formula is C11H15ClFNO2. The van der Waals surface area contributed by atoms with E-state index in [1.165, 1.54) is 12.1 Å². The summed E-state index contributed by atoms with van der Waals surface area (Å²) in [6.07, 6.45) is -0.249. The van der Waals surface area contributed by atoms with Gasteiger partial charge < -0.3 is 15.2 Å². The fourth-order valence-corrected chi connectivity index (χ4v) is 1.43. The molecule has 0 saturated carbocycles. The van der Waals surface area contributed by atoms with Crippen LogP contribution in [0.2, 0.25) is 5.02 Å². The van der Waals surface area contributed by atoms with E-state index in [2.05, 4.69) is 0 Å². The smallest absolute Gasteiger partial charge is 0.173 e. The van der Waals surface area contributed by atoms with Gasteiger partial charge in [0.2, 0.25) is 0 Å². The number of benzene rings is 1. The van der Waals surface area contributed by atoms with Crippen LogP contribution in [0.25, 0.3) is 0 Å². The molecule has 5 heteroatoms. The lowest BCUT2D eigenvalue weighted by atomic mass is 10.3. The summed E-state index contributed by atoms with van der Waals surface area (Å²) in [4.78, 5) is 0. The molecule has 0 amide bonds. The molecule has 1 aromatic carbocycles. The minimum atomic E-state index is -0.486. The molecule has 0 aromatic heterocycles. The zero-order chi connectivity index (χ0) is 12.0. The van der Waals surface area contributed by atoms with E-state index in [1.54, 1.807) is 6.07 Å². The molecule has 1 unspecified atom stereocenters. The molecule has 1 atom stereocenters. The summed E-state index contributed by atoms with van der Waals surface area (Å²) in [6, 6.07) is 4.38. The van der Waals surface area contributed by atoms with E-state index in [9.17, 15) is 4.39 Å². The standard InChI is InChI=1S/C11H15ClFNO2/c1-2-15-8(6-14)7-16-11-9(12)4-3-5-10(11)13/h3-5,8H,2,6-7,14H2,1H3. The number of halogens is 2. The van der Waals surface area contributed by atoms with E-state index in [4.69, 9.17) is 26.8 Å². The Morgan fingerprint density at radius 3 is 2.81 bits per heavy atom. The van der Waals surface area contributed by atoms with Crippen molar-refractivity contribution in [3.05, 3.63) is 29.0 Å². The second kappa shape index (κ2) is 6.68. The van der Waals surface area contributed by atoms with Gasteiger partial charge in [-0.2, -0.15) is 0 Å². The lowest BCUT2D eigenvalue weighted by Gasteiger charge is -2.16. The highest BCUT2D eigenvalue weighted by Crippen LogP contribution is 2.27. The normalized spacial score (nSPS) is 12.5. The number of ether oxygens (including phenoxy) is 2. The Labute approximate surface area is 99.3 Å². The van der Waals surface area contributed by atoms with Gasteiger partial charge in [0.15, 0.2) is 11.6 Å². The highest BCUT2D eigenvalue weighted by Gasteiger charge is 2.12. The minimum absolute atomic E-state index is 0.0438. The van der Waals surface area contributed by atoms with Crippen LogP contribution in [0.15, 0.2) is 18.2 Å². The Hall–Kier alpha value is -0.840. The summed E-state index contributed by atoms with van der Waals surface area (Å²) in [5, 5.41) is 0.243. The number of hydrogen-bond donors (Lipinski definition) is 1. The fourth-order valence-electron chi connectivity index (χ4n) is 1.22. The van der Waals surface area contributed by atoms with E-state index < -0.39 is 5.82 Å². The summed E-state index contributed by atoms with van der Waals surface area (Å²) < 4.78 is 23.8. The molecule has 0 fully saturated rings. The van der Waals surface area contributed by atoms with E-state index in [0.717, 1.165) is 0 Å².